The Hall–Kier alpha value is -2.78. The van der Waals surface area contributed by atoms with E-state index in [4.69, 9.17) is 9.72 Å². The number of aryl methyl sites for hydroxylation is 2. The first-order valence-electron chi connectivity index (χ1n) is 9.81. The third-order valence-electron chi connectivity index (χ3n) is 4.66. The largest absolute Gasteiger partial charge is 0.383 e. The molecule has 0 aromatic carbocycles. The highest BCUT2D eigenvalue weighted by Crippen LogP contribution is 2.32. The number of nitrogens with one attached hydrogen (secondary N) is 2. The minimum atomic E-state index is -0.335. The number of hydrogen-bond donors (Lipinski definition) is 2. The van der Waals surface area contributed by atoms with Crippen molar-refractivity contribution in [2.75, 3.05) is 26.8 Å². The summed E-state index contributed by atoms with van der Waals surface area (Å²) >= 11 is 1.69. The zero-order chi connectivity index (χ0) is 21.8. The number of carbonyl (C=O) groups excluding carboxylic acids is 2. The van der Waals surface area contributed by atoms with E-state index < -0.39 is 0 Å². The lowest BCUT2D eigenvalue weighted by atomic mass is 10.1. The average Bonchev–Trinajstić information content (AvgIpc) is 3.28. The molecule has 3 heterocycles. The maximum atomic E-state index is 13.0. The number of amides is 2. The predicted molar refractivity (Wildman–Crippen MR) is 118 cm³/mol. The Labute approximate surface area is 179 Å². The van der Waals surface area contributed by atoms with Crippen molar-refractivity contribution in [3.63, 3.8) is 0 Å². The van der Waals surface area contributed by atoms with Crippen LogP contribution in [0.25, 0.3) is 22.3 Å². The molecule has 0 spiro atoms. The second kappa shape index (κ2) is 9.36. The summed E-state index contributed by atoms with van der Waals surface area (Å²) < 4.78 is 6.71. The molecule has 0 fully saturated rings. The fraction of sp³-hybridized carbons (Fsp3) is 0.429. The van der Waals surface area contributed by atoms with E-state index in [0.717, 1.165) is 16.1 Å². The number of rotatable bonds is 8. The smallest absolute Gasteiger partial charge is 0.252 e. The van der Waals surface area contributed by atoms with Crippen molar-refractivity contribution >= 4 is 34.2 Å². The second-order valence-electron chi connectivity index (χ2n) is 7.33. The number of methoxy groups -OCH3 is 1. The van der Waals surface area contributed by atoms with Crippen LogP contribution in [0.1, 0.15) is 40.0 Å². The lowest BCUT2D eigenvalue weighted by molar-refractivity contribution is -0.120. The number of fused-ring (bicyclic) bond motifs is 1. The van der Waals surface area contributed by atoms with Crippen LogP contribution in [-0.2, 0) is 9.53 Å². The molecule has 0 aliphatic carbocycles. The van der Waals surface area contributed by atoms with E-state index >= 15 is 0 Å². The molecule has 2 N–H and O–H groups in total. The Morgan fingerprint density at radius 2 is 2.00 bits per heavy atom. The minimum Gasteiger partial charge on any atom is -0.383 e. The Kier molecular flexibility index (Phi) is 6.84. The van der Waals surface area contributed by atoms with Gasteiger partial charge in [0.25, 0.3) is 5.91 Å². The number of pyridine rings is 1. The van der Waals surface area contributed by atoms with E-state index in [2.05, 4.69) is 21.8 Å². The van der Waals surface area contributed by atoms with Crippen molar-refractivity contribution in [3.05, 3.63) is 33.6 Å². The molecule has 2 amide bonds. The van der Waals surface area contributed by atoms with Crippen LogP contribution in [0.4, 0.5) is 0 Å². The summed E-state index contributed by atoms with van der Waals surface area (Å²) in [6, 6.07) is 3.95. The number of carbonyl (C=O) groups is 2. The van der Waals surface area contributed by atoms with E-state index in [1.807, 2.05) is 32.4 Å². The molecule has 0 radical (unpaired) electrons. The summed E-state index contributed by atoms with van der Waals surface area (Å²) in [4.78, 5) is 32.0. The van der Waals surface area contributed by atoms with Crippen LogP contribution < -0.4 is 10.6 Å². The van der Waals surface area contributed by atoms with Crippen molar-refractivity contribution in [2.45, 2.75) is 33.7 Å². The summed E-state index contributed by atoms with van der Waals surface area (Å²) in [5, 5.41) is 10.5. The highest BCUT2D eigenvalue weighted by molar-refractivity contribution is 7.12. The molecular weight excluding hydrogens is 402 g/mol. The van der Waals surface area contributed by atoms with Crippen molar-refractivity contribution in [1.29, 1.82) is 0 Å². The molecule has 0 saturated heterocycles. The SMILES string of the molecule is COCCNC(=O)CNC(=O)c1cc(-c2cc(C)sc2C)nc2c1cnn2C(C)C. The molecule has 8 nitrogen and oxygen atoms in total. The van der Waals surface area contributed by atoms with Crippen LogP contribution in [0.2, 0.25) is 0 Å². The van der Waals surface area contributed by atoms with Crippen LogP contribution in [0.15, 0.2) is 18.3 Å². The molecule has 0 bridgehead atoms. The molecule has 3 aromatic rings. The molecule has 0 saturated carbocycles. The van der Waals surface area contributed by atoms with Crippen molar-refractivity contribution in [1.82, 2.24) is 25.4 Å². The first kappa shape index (κ1) is 21.9. The van der Waals surface area contributed by atoms with Crippen LogP contribution in [0, 0.1) is 13.8 Å². The van der Waals surface area contributed by atoms with Gasteiger partial charge in [-0.15, -0.1) is 11.3 Å². The highest BCUT2D eigenvalue weighted by Gasteiger charge is 2.20. The van der Waals surface area contributed by atoms with Gasteiger partial charge in [0, 0.05) is 35.0 Å². The summed E-state index contributed by atoms with van der Waals surface area (Å²) in [5.74, 6) is -0.605. The average molecular weight is 430 g/mol. The molecule has 9 heteroatoms. The number of thiophene rings is 1. The van der Waals surface area contributed by atoms with Crippen LogP contribution >= 0.6 is 11.3 Å². The molecule has 3 rings (SSSR count). The molecule has 3 aromatic heterocycles. The maximum absolute atomic E-state index is 13.0. The maximum Gasteiger partial charge on any atom is 0.252 e. The quantitative estimate of drug-likeness (QED) is 0.537. The Bertz CT molecular complexity index is 1070. The third kappa shape index (κ3) is 4.68. The zero-order valence-corrected chi connectivity index (χ0v) is 18.7. The number of aromatic nitrogens is 3. The molecule has 0 unspecified atom stereocenters. The zero-order valence-electron chi connectivity index (χ0n) is 17.9. The minimum absolute atomic E-state index is 0.0954. The first-order valence-corrected chi connectivity index (χ1v) is 10.6. The van der Waals surface area contributed by atoms with Gasteiger partial charge >= 0.3 is 0 Å². The van der Waals surface area contributed by atoms with Crippen LogP contribution in [0.3, 0.4) is 0 Å². The fourth-order valence-electron chi connectivity index (χ4n) is 3.22. The molecule has 160 valence electrons. The summed E-state index contributed by atoms with van der Waals surface area (Å²) in [7, 11) is 1.56. The summed E-state index contributed by atoms with van der Waals surface area (Å²) in [6.45, 7) is 8.83. The number of hydrogen-bond acceptors (Lipinski definition) is 6. The molecule has 30 heavy (non-hydrogen) atoms. The van der Waals surface area contributed by atoms with Gasteiger partial charge in [0.2, 0.25) is 5.91 Å². The van der Waals surface area contributed by atoms with Crippen molar-refractivity contribution < 1.29 is 14.3 Å². The Balaban J connectivity index is 1.95. The lowest BCUT2D eigenvalue weighted by Crippen LogP contribution is -2.38. The van der Waals surface area contributed by atoms with Gasteiger partial charge in [-0.1, -0.05) is 0 Å². The van der Waals surface area contributed by atoms with Crippen LogP contribution in [-0.4, -0.2) is 53.4 Å². The van der Waals surface area contributed by atoms with Gasteiger partial charge < -0.3 is 15.4 Å². The Morgan fingerprint density at radius 3 is 2.63 bits per heavy atom. The van der Waals surface area contributed by atoms with E-state index in [9.17, 15) is 9.59 Å². The molecule has 0 aliphatic heterocycles. The normalized spacial score (nSPS) is 11.3. The van der Waals surface area contributed by atoms with E-state index in [1.54, 1.807) is 30.7 Å². The predicted octanol–water partition coefficient (Wildman–Crippen LogP) is 2.85. The summed E-state index contributed by atoms with van der Waals surface area (Å²) in [6.07, 6.45) is 1.66. The van der Waals surface area contributed by atoms with Crippen LogP contribution in [0.5, 0.6) is 0 Å². The first-order chi connectivity index (χ1) is 14.3. The van der Waals surface area contributed by atoms with Crippen molar-refractivity contribution in [2.24, 2.45) is 0 Å². The monoisotopic (exact) mass is 429 g/mol. The summed E-state index contributed by atoms with van der Waals surface area (Å²) in [5.41, 5.74) is 2.83. The molecular formula is C21H27N5O3S. The van der Waals surface area contributed by atoms with Gasteiger partial charge in [-0.05, 0) is 39.8 Å². The van der Waals surface area contributed by atoms with Gasteiger partial charge in [-0.2, -0.15) is 5.10 Å². The third-order valence-corrected chi connectivity index (χ3v) is 5.62. The highest BCUT2D eigenvalue weighted by atomic mass is 32.1. The van der Waals surface area contributed by atoms with Gasteiger partial charge in [0.1, 0.15) is 0 Å². The van der Waals surface area contributed by atoms with Gasteiger partial charge in [-0.25, -0.2) is 9.67 Å². The topological polar surface area (TPSA) is 98.1 Å². The van der Waals surface area contributed by atoms with E-state index in [1.165, 1.54) is 4.88 Å². The van der Waals surface area contributed by atoms with E-state index in [-0.39, 0.29) is 24.4 Å². The molecule has 0 atom stereocenters. The van der Waals surface area contributed by atoms with Gasteiger partial charge in [0.05, 0.1) is 36.0 Å². The van der Waals surface area contributed by atoms with E-state index in [0.29, 0.717) is 29.7 Å². The second-order valence-corrected chi connectivity index (χ2v) is 8.79. The fourth-order valence-corrected chi connectivity index (χ4v) is 4.15. The molecule has 0 aliphatic rings. The lowest BCUT2D eigenvalue weighted by Gasteiger charge is -2.11. The van der Waals surface area contributed by atoms with Gasteiger partial charge in [-0.3, -0.25) is 9.59 Å². The number of ether oxygens (including phenoxy) is 1. The Morgan fingerprint density at radius 1 is 1.23 bits per heavy atom. The standard InChI is InChI=1S/C21H27N5O3S/c1-12(2)26-20-17(10-24-26)16(21(28)23-11-19(27)22-6-7-29-5)9-18(25-20)15-8-13(3)30-14(15)4/h8-10,12H,6-7,11H2,1-5H3,(H,22,27)(H,23,28). The van der Waals surface area contributed by atoms with Crippen molar-refractivity contribution in [3.8, 4) is 11.3 Å². The van der Waals surface area contributed by atoms with Gasteiger partial charge in [0.15, 0.2) is 5.65 Å². The number of nitrogens with zero attached hydrogens (tertiary/aromatic N) is 3.